The number of nitrogens with one attached hydrogen (secondary N) is 1. The average molecular weight is 463 g/mol. The SMILES string of the molecule is COc1ccc(N2CCN3c4ccc([N+](=O)[O-])cc4C[C@@H](C(=O)NCc4ccco4)[C@H]3C2)cc1. The summed E-state index contributed by atoms with van der Waals surface area (Å²) < 4.78 is 10.6. The lowest BCUT2D eigenvalue weighted by Gasteiger charge is -2.49. The van der Waals surface area contributed by atoms with Crippen LogP contribution in [0.2, 0.25) is 0 Å². The molecule has 9 nitrogen and oxygen atoms in total. The molecule has 3 heterocycles. The van der Waals surface area contributed by atoms with Gasteiger partial charge in [-0.05, 0) is 54.4 Å². The number of rotatable bonds is 6. The molecule has 34 heavy (non-hydrogen) atoms. The van der Waals surface area contributed by atoms with E-state index in [9.17, 15) is 14.9 Å². The van der Waals surface area contributed by atoms with Gasteiger partial charge in [-0.3, -0.25) is 14.9 Å². The maximum atomic E-state index is 13.4. The molecule has 1 aromatic heterocycles. The molecule has 0 aliphatic carbocycles. The second-order valence-electron chi connectivity index (χ2n) is 8.58. The van der Waals surface area contributed by atoms with Crippen LogP contribution in [0.25, 0.3) is 0 Å². The van der Waals surface area contributed by atoms with Crippen LogP contribution >= 0.6 is 0 Å². The number of fused-ring (bicyclic) bond motifs is 3. The average Bonchev–Trinajstić information content (AvgIpc) is 3.40. The number of carbonyl (C=O) groups is 1. The van der Waals surface area contributed by atoms with Gasteiger partial charge in [0.05, 0.1) is 36.8 Å². The number of hydrogen-bond donors (Lipinski definition) is 1. The van der Waals surface area contributed by atoms with Gasteiger partial charge in [-0.2, -0.15) is 0 Å². The minimum atomic E-state index is -0.389. The van der Waals surface area contributed by atoms with Crippen molar-refractivity contribution >= 4 is 23.0 Å². The fourth-order valence-electron chi connectivity index (χ4n) is 4.97. The van der Waals surface area contributed by atoms with E-state index >= 15 is 0 Å². The molecule has 1 saturated heterocycles. The second kappa shape index (κ2) is 9.09. The van der Waals surface area contributed by atoms with Gasteiger partial charge in [0.2, 0.25) is 5.91 Å². The summed E-state index contributed by atoms with van der Waals surface area (Å²) in [4.78, 5) is 28.8. The Bertz CT molecular complexity index is 1180. The van der Waals surface area contributed by atoms with Crippen LogP contribution in [-0.2, 0) is 17.8 Å². The minimum Gasteiger partial charge on any atom is -0.497 e. The molecular formula is C25H26N4O5. The molecule has 1 N–H and O–H groups in total. The Balaban J connectivity index is 1.43. The van der Waals surface area contributed by atoms with E-state index in [1.54, 1.807) is 31.6 Å². The first-order valence-electron chi connectivity index (χ1n) is 11.3. The monoisotopic (exact) mass is 462 g/mol. The number of furan rings is 1. The van der Waals surface area contributed by atoms with Crippen molar-refractivity contribution in [3.63, 3.8) is 0 Å². The van der Waals surface area contributed by atoms with Crippen LogP contribution in [0, 0.1) is 16.0 Å². The molecule has 9 heteroatoms. The van der Waals surface area contributed by atoms with E-state index in [1.807, 2.05) is 36.4 Å². The zero-order valence-corrected chi connectivity index (χ0v) is 18.8. The number of methoxy groups -OCH3 is 1. The van der Waals surface area contributed by atoms with Crippen molar-refractivity contribution in [3.8, 4) is 5.75 Å². The number of nitro groups is 1. The predicted molar refractivity (Wildman–Crippen MR) is 127 cm³/mol. The highest BCUT2D eigenvalue weighted by Crippen LogP contribution is 2.38. The molecule has 2 aromatic carbocycles. The molecule has 2 aliphatic rings. The first-order chi connectivity index (χ1) is 16.5. The summed E-state index contributed by atoms with van der Waals surface area (Å²) in [6, 6.07) is 16.4. The number of benzene rings is 2. The number of non-ortho nitro benzene ring substituents is 1. The Kier molecular flexibility index (Phi) is 5.83. The van der Waals surface area contributed by atoms with Crippen molar-refractivity contribution in [3.05, 3.63) is 82.3 Å². The van der Waals surface area contributed by atoms with E-state index in [-0.39, 0.29) is 28.5 Å². The normalized spacial score (nSPS) is 19.2. The lowest BCUT2D eigenvalue weighted by atomic mass is 9.83. The fraction of sp³-hybridized carbons (Fsp3) is 0.320. The summed E-state index contributed by atoms with van der Waals surface area (Å²) in [5.41, 5.74) is 2.93. The summed E-state index contributed by atoms with van der Waals surface area (Å²) in [7, 11) is 1.64. The molecule has 0 saturated carbocycles. The van der Waals surface area contributed by atoms with Crippen LogP contribution < -0.4 is 19.9 Å². The van der Waals surface area contributed by atoms with Crippen LogP contribution in [0.3, 0.4) is 0 Å². The second-order valence-corrected chi connectivity index (χ2v) is 8.58. The molecule has 3 aromatic rings. The van der Waals surface area contributed by atoms with Gasteiger partial charge in [-0.25, -0.2) is 0 Å². The van der Waals surface area contributed by atoms with Crippen molar-refractivity contribution in [2.45, 2.75) is 19.0 Å². The lowest BCUT2D eigenvalue weighted by molar-refractivity contribution is -0.384. The number of nitro benzene ring substituents is 1. The number of amides is 1. The van der Waals surface area contributed by atoms with E-state index < -0.39 is 0 Å². The number of hydrogen-bond acceptors (Lipinski definition) is 7. The van der Waals surface area contributed by atoms with E-state index in [1.165, 1.54) is 0 Å². The Morgan fingerprint density at radius 3 is 2.74 bits per heavy atom. The lowest BCUT2D eigenvalue weighted by Crippen LogP contribution is -2.61. The molecule has 5 rings (SSSR count). The minimum absolute atomic E-state index is 0.0452. The van der Waals surface area contributed by atoms with Crippen molar-refractivity contribution in [2.24, 2.45) is 5.92 Å². The highest BCUT2D eigenvalue weighted by atomic mass is 16.6. The summed E-state index contributed by atoms with van der Waals surface area (Å²) in [6.45, 7) is 2.46. The molecule has 0 unspecified atom stereocenters. The Morgan fingerprint density at radius 2 is 2.03 bits per heavy atom. The molecule has 176 valence electrons. The Hall–Kier alpha value is -4.01. The predicted octanol–water partition coefficient (Wildman–Crippen LogP) is 3.38. The topological polar surface area (TPSA) is 101 Å². The van der Waals surface area contributed by atoms with E-state index in [0.29, 0.717) is 31.8 Å². The van der Waals surface area contributed by atoms with Gasteiger partial charge in [0.1, 0.15) is 11.5 Å². The molecular weight excluding hydrogens is 436 g/mol. The van der Waals surface area contributed by atoms with Gasteiger partial charge in [0.15, 0.2) is 0 Å². The van der Waals surface area contributed by atoms with E-state index in [4.69, 9.17) is 9.15 Å². The number of ether oxygens (including phenoxy) is 1. The van der Waals surface area contributed by atoms with Crippen LogP contribution in [0.1, 0.15) is 11.3 Å². The fourth-order valence-corrected chi connectivity index (χ4v) is 4.97. The van der Waals surface area contributed by atoms with E-state index in [0.717, 1.165) is 29.2 Å². The largest absolute Gasteiger partial charge is 0.497 e. The molecule has 1 fully saturated rings. The standard InChI is InChI=1S/C25H26N4O5/c1-33-20-7-4-18(5-8-20)27-10-11-28-23-9-6-19(29(31)32)13-17(23)14-22(24(28)16-27)25(30)26-15-21-3-2-12-34-21/h2-9,12-13,22,24H,10-11,14-16H2,1H3,(H,26,30)/t22-,24-/m1/s1. The van der Waals surface area contributed by atoms with E-state index in [2.05, 4.69) is 15.1 Å². The van der Waals surface area contributed by atoms with Crippen LogP contribution in [0.15, 0.2) is 65.3 Å². The maximum Gasteiger partial charge on any atom is 0.269 e. The maximum absolute atomic E-state index is 13.4. The summed E-state index contributed by atoms with van der Waals surface area (Å²) in [6.07, 6.45) is 2.02. The van der Waals surface area contributed by atoms with Crippen LogP contribution in [0.4, 0.5) is 17.1 Å². The van der Waals surface area contributed by atoms with Gasteiger partial charge >= 0.3 is 0 Å². The third kappa shape index (κ3) is 4.16. The van der Waals surface area contributed by atoms with Crippen LogP contribution in [0.5, 0.6) is 5.75 Å². The number of nitrogens with zero attached hydrogens (tertiary/aromatic N) is 3. The van der Waals surface area contributed by atoms with Crippen molar-refractivity contribution < 1.29 is 18.9 Å². The number of piperazine rings is 1. The van der Waals surface area contributed by atoms with Gasteiger partial charge in [-0.1, -0.05) is 0 Å². The van der Waals surface area contributed by atoms with Gasteiger partial charge in [-0.15, -0.1) is 0 Å². The zero-order valence-electron chi connectivity index (χ0n) is 18.8. The van der Waals surface area contributed by atoms with Crippen molar-refractivity contribution in [2.75, 3.05) is 36.5 Å². The first-order valence-corrected chi connectivity index (χ1v) is 11.3. The molecule has 1 amide bonds. The van der Waals surface area contributed by atoms with Crippen molar-refractivity contribution in [1.29, 1.82) is 0 Å². The molecule has 2 aliphatic heterocycles. The molecule has 0 bridgehead atoms. The Morgan fingerprint density at radius 1 is 1.21 bits per heavy atom. The summed E-state index contributed by atoms with van der Waals surface area (Å²) in [5.74, 6) is 1.04. The number of carbonyl (C=O) groups excluding carboxylic acids is 1. The quantitative estimate of drug-likeness (QED) is 0.443. The van der Waals surface area contributed by atoms with Crippen LogP contribution in [-0.4, -0.2) is 43.6 Å². The van der Waals surface area contributed by atoms with Gasteiger partial charge < -0.3 is 24.3 Å². The third-order valence-electron chi connectivity index (χ3n) is 6.70. The third-order valence-corrected chi connectivity index (χ3v) is 6.70. The first kappa shape index (κ1) is 21.8. The highest BCUT2D eigenvalue weighted by Gasteiger charge is 2.42. The smallest absolute Gasteiger partial charge is 0.269 e. The molecule has 0 spiro atoms. The van der Waals surface area contributed by atoms with Crippen molar-refractivity contribution in [1.82, 2.24) is 5.32 Å². The number of anilines is 2. The van der Waals surface area contributed by atoms with Gasteiger partial charge in [0, 0.05) is 43.1 Å². The molecule has 0 radical (unpaired) electrons. The molecule has 2 atom stereocenters. The Labute approximate surface area is 197 Å². The highest BCUT2D eigenvalue weighted by molar-refractivity contribution is 5.82. The zero-order chi connectivity index (χ0) is 23.7. The summed E-state index contributed by atoms with van der Waals surface area (Å²) >= 11 is 0. The summed E-state index contributed by atoms with van der Waals surface area (Å²) in [5, 5.41) is 14.3. The van der Waals surface area contributed by atoms with Gasteiger partial charge in [0.25, 0.3) is 5.69 Å².